The third-order valence-electron chi connectivity index (χ3n) is 11.1. The van der Waals surface area contributed by atoms with Crippen molar-refractivity contribution in [1.82, 2.24) is 39.7 Å². The molecule has 55 heavy (non-hydrogen) atoms. The SMILES string of the molecule is CC(C)(C)[Si](OCC1CCC(c2nnn3cnc4[nH]ccc4c23)CC1)(c1ccccc1)c1ccccc1.Cc1ccccc1C(=O)c1ncnc2[nH]ccc12. The summed E-state index contributed by atoms with van der Waals surface area (Å²) in [7, 11) is -2.50. The summed E-state index contributed by atoms with van der Waals surface area (Å²) >= 11 is 0. The second-order valence-corrected chi connectivity index (χ2v) is 19.9. The Morgan fingerprint density at radius 1 is 0.782 bits per heavy atom. The zero-order valence-corrected chi connectivity index (χ0v) is 32.7. The van der Waals surface area contributed by atoms with Crippen LogP contribution in [-0.4, -0.2) is 60.5 Å². The highest BCUT2D eigenvalue weighted by Gasteiger charge is 2.50. The fourth-order valence-corrected chi connectivity index (χ4v) is 13.0. The Hall–Kier alpha value is -5.78. The first-order valence-corrected chi connectivity index (χ1v) is 21.0. The molecule has 11 heteroatoms. The maximum absolute atomic E-state index is 12.5. The molecule has 0 unspecified atom stereocenters. The molecule has 1 saturated carbocycles. The van der Waals surface area contributed by atoms with Gasteiger partial charge in [0.1, 0.15) is 35.2 Å². The highest BCUT2D eigenvalue weighted by atomic mass is 28.4. The van der Waals surface area contributed by atoms with Gasteiger partial charge in [0.15, 0.2) is 0 Å². The molecule has 0 saturated heterocycles. The molecule has 1 aliphatic rings. The highest BCUT2D eigenvalue weighted by molar-refractivity contribution is 6.99. The van der Waals surface area contributed by atoms with Crippen molar-refractivity contribution in [2.24, 2.45) is 5.92 Å². The first-order valence-electron chi connectivity index (χ1n) is 19.0. The van der Waals surface area contributed by atoms with E-state index in [1.807, 2.05) is 48.0 Å². The number of ketones is 1. The van der Waals surface area contributed by atoms with Gasteiger partial charge in [-0.15, -0.1) is 5.10 Å². The van der Waals surface area contributed by atoms with Crippen LogP contribution in [0.15, 0.2) is 122 Å². The normalized spacial score (nSPS) is 16.3. The molecule has 10 nitrogen and oxygen atoms in total. The second-order valence-electron chi connectivity index (χ2n) is 15.6. The van der Waals surface area contributed by atoms with Crippen molar-refractivity contribution in [2.45, 2.75) is 64.3 Å². The van der Waals surface area contributed by atoms with Gasteiger partial charge in [-0.1, -0.05) is 111 Å². The van der Waals surface area contributed by atoms with Crippen LogP contribution in [0.25, 0.3) is 27.6 Å². The zero-order chi connectivity index (χ0) is 38.0. The molecular weight excluding hydrogens is 701 g/mol. The Balaban J connectivity index is 0.000000198. The van der Waals surface area contributed by atoms with Crippen LogP contribution >= 0.6 is 0 Å². The predicted octanol–water partition coefficient (Wildman–Crippen LogP) is 7.95. The number of rotatable bonds is 8. The molecule has 2 N–H and O–H groups in total. The van der Waals surface area contributed by atoms with Gasteiger partial charge in [-0.05, 0) is 71.6 Å². The van der Waals surface area contributed by atoms with Gasteiger partial charge in [-0.3, -0.25) is 4.79 Å². The standard InChI is InChI=1S/C30H35N5OSi.C14H11N3O/c1-30(2,3)37(24-10-6-4-7-11-24,25-12-8-5-9-13-25)36-20-22-14-16-23(17-15-22)27-28-26-18-19-31-29(26)32-21-35(28)34-33-27;1-9-4-2-3-5-10(9)13(18)12-11-6-7-15-14(11)17-8-16-12/h4-13,18-19,21-23,31H,14-17,20H2,1-3H3;2-8H,1H3,(H,15,16,17). The summed E-state index contributed by atoms with van der Waals surface area (Å²) in [6, 6.07) is 33.3. The summed E-state index contributed by atoms with van der Waals surface area (Å²) < 4.78 is 9.07. The maximum Gasteiger partial charge on any atom is 0.261 e. The van der Waals surface area contributed by atoms with Crippen LogP contribution in [0.2, 0.25) is 5.04 Å². The van der Waals surface area contributed by atoms with E-state index in [4.69, 9.17) is 4.43 Å². The van der Waals surface area contributed by atoms with E-state index in [2.05, 4.69) is 123 Å². The number of aromatic nitrogens is 8. The summed E-state index contributed by atoms with van der Waals surface area (Å²) in [5.41, 5.74) is 5.85. The van der Waals surface area contributed by atoms with E-state index < -0.39 is 8.32 Å². The number of nitrogens with one attached hydrogen (secondary N) is 2. The summed E-state index contributed by atoms with van der Waals surface area (Å²) in [4.78, 5) is 31.3. The Labute approximate surface area is 321 Å². The van der Waals surface area contributed by atoms with Gasteiger partial charge in [-0.25, -0.2) is 19.5 Å². The number of benzene rings is 3. The maximum atomic E-state index is 12.5. The lowest BCUT2D eigenvalue weighted by molar-refractivity contribution is 0.103. The third kappa shape index (κ3) is 6.90. The number of aryl methyl sites for hydroxylation is 1. The molecule has 0 spiro atoms. The van der Waals surface area contributed by atoms with Crippen LogP contribution in [0.4, 0.5) is 0 Å². The molecule has 5 aromatic heterocycles. The number of H-pyrrole nitrogens is 2. The van der Waals surface area contributed by atoms with Crippen molar-refractivity contribution in [1.29, 1.82) is 0 Å². The first-order chi connectivity index (χ1) is 26.7. The van der Waals surface area contributed by atoms with Gasteiger partial charge in [0.25, 0.3) is 8.32 Å². The van der Waals surface area contributed by atoms with E-state index in [0.717, 1.165) is 65.5 Å². The molecule has 5 heterocycles. The van der Waals surface area contributed by atoms with E-state index in [-0.39, 0.29) is 10.8 Å². The lowest BCUT2D eigenvalue weighted by atomic mass is 9.80. The van der Waals surface area contributed by atoms with Crippen molar-refractivity contribution >= 4 is 52.1 Å². The van der Waals surface area contributed by atoms with E-state index in [1.165, 1.54) is 16.7 Å². The smallest absolute Gasteiger partial charge is 0.261 e. The molecule has 1 aliphatic carbocycles. The minimum Gasteiger partial charge on any atom is -0.407 e. The molecule has 0 atom stereocenters. The summed E-state index contributed by atoms with van der Waals surface area (Å²) in [6.45, 7) is 9.77. The van der Waals surface area contributed by atoms with Crippen molar-refractivity contribution in [3.8, 4) is 0 Å². The summed E-state index contributed by atoms with van der Waals surface area (Å²) in [5, 5.41) is 13.5. The van der Waals surface area contributed by atoms with Gasteiger partial charge in [0.2, 0.25) is 5.78 Å². The second kappa shape index (κ2) is 15.2. The minimum absolute atomic E-state index is 0.00386. The summed E-state index contributed by atoms with van der Waals surface area (Å²) in [6.07, 6.45) is 11.4. The Bertz CT molecular complexity index is 2510. The van der Waals surface area contributed by atoms with Crippen molar-refractivity contribution < 1.29 is 9.22 Å². The average molecular weight is 747 g/mol. The number of aromatic amines is 2. The monoisotopic (exact) mass is 746 g/mol. The van der Waals surface area contributed by atoms with E-state index in [9.17, 15) is 4.79 Å². The van der Waals surface area contributed by atoms with Crippen LogP contribution < -0.4 is 10.4 Å². The van der Waals surface area contributed by atoms with Crippen molar-refractivity contribution in [3.63, 3.8) is 0 Å². The number of carbonyl (C=O) groups excluding carboxylic acids is 1. The lowest BCUT2D eigenvalue weighted by Gasteiger charge is -2.44. The van der Waals surface area contributed by atoms with Crippen molar-refractivity contribution in [3.05, 3.63) is 145 Å². The molecular formula is C44H46N8O2Si. The topological polar surface area (TPSA) is 127 Å². The van der Waals surface area contributed by atoms with E-state index in [0.29, 0.717) is 28.7 Å². The van der Waals surface area contributed by atoms with E-state index in [1.54, 1.807) is 12.5 Å². The average Bonchev–Trinajstić information content (AvgIpc) is 3.99. The lowest BCUT2D eigenvalue weighted by Crippen LogP contribution is -2.66. The van der Waals surface area contributed by atoms with Crippen LogP contribution in [0.1, 0.15) is 79.7 Å². The Kier molecular flexibility index (Phi) is 9.98. The van der Waals surface area contributed by atoms with E-state index >= 15 is 0 Å². The van der Waals surface area contributed by atoms with Gasteiger partial charge in [-0.2, -0.15) is 0 Å². The number of nitrogens with zero attached hydrogens (tertiary/aromatic N) is 6. The van der Waals surface area contributed by atoms with Crippen LogP contribution in [-0.2, 0) is 4.43 Å². The minimum atomic E-state index is -2.50. The van der Waals surface area contributed by atoms with Crippen molar-refractivity contribution in [2.75, 3.05) is 6.61 Å². The Morgan fingerprint density at radius 3 is 2.05 bits per heavy atom. The number of fused-ring (bicyclic) bond motifs is 4. The molecule has 0 radical (unpaired) electrons. The van der Waals surface area contributed by atoms with Crippen LogP contribution in [0.5, 0.6) is 0 Å². The predicted molar refractivity (Wildman–Crippen MR) is 219 cm³/mol. The Morgan fingerprint density at radius 2 is 1.40 bits per heavy atom. The molecule has 0 aliphatic heterocycles. The van der Waals surface area contributed by atoms with Gasteiger partial charge >= 0.3 is 0 Å². The largest absolute Gasteiger partial charge is 0.407 e. The number of carbonyl (C=O) groups is 1. The fourth-order valence-electron chi connectivity index (χ4n) is 8.31. The molecule has 9 rings (SSSR count). The van der Waals surface area contributed by atoms with Gasteiger partial charge in [0.05, 0.1) is 5.69 Å². The first kappa shape index (κ1) is 36.2. The number of hydrogen-bond acceptors (Lipinski definition) is 7. The summed E-state index contributed by atoms with van der Waals surface area (Å²) in [5.74, 6) is 0.899. The van der Waals surface area contributed by atoms with Crippen LogP contribution in [0, 0.1) is 12.8 Å². The fraction of sp³-hybridized carbons (Fsp3) is 0.273. The molecule has 278 valence electrons. The number of hydrogen-bond donors (Lipinski definition) is 2. The molecule has 0 amide bonds. The molecule has 1 fully saturated rings. The van der Waals surface area contributed by atoms with Crippen LogP contribution in [0.3, 0.4) is 0 Å². The quantitative estimate of drug-likeness (QED) is 0.119. The van der Waals surface area contributed by atoms with Gasteiger partial charge < -0.3 is 14.4 Å². The van der Waals surface area contributed by atoms with Gasteiger partial charge in [0, 0.05) is 41.3 Å². The third-order valence-corrected chi connectivity index (χ3v) is 16.1. The molecule has 0 bridgehead atoms. The molecule has 8 aromatic rings. The zero-order valence-electron chi connectivity index (χ0n) is 31.7. The highest BCUT2D eigenvalue weighted by Crippen LogP contribution is 2.41. The molecule has 3 aromatic carbocycles.